The van der Waals surface area contributed by atoms with Crippen LogP contribution in [0, 0.1) is 0 Å². The fourth-order valence-electron chi connectivity index (χ4n) is 1.89. The van der Waals surface area contributed by atoms with Crippen molar-refractivity contribution in [2.24, 2.45) is 0 Å². The lowest BCUT2D eigenvalue weighted by molar-refractivity contribution is 0.248. The molecule has 3 aromatic heterocycles. The highest BCUT2D eigenvalue weighted by molar-refractivity contribution is 7.08. The predicted molar refractivity (Wildman–Crippen MR) is 71.6 cm³/mol. The summed E-state index contributed by atoms with van der Waals surface area (Å²) in [5.41, 5.74) is 1.84. The van der Waals surface area contributed by atoms with Crippen LogP contribution in [-0.4, -0.2) is 10.2 Å². The van der Waals surface area contributed by atoms with E-state index in [4.69, 9.17) is 19.0 Å². The van der Waals surface area contributed by atoms with E-state index in [9.17, 15) is 0 Å². The maximum absolute atomic E-state index is 9.03. The van der Waals surface area contributed by atoms with Gasteiger partial charge in [0.1, 0.15) is 36.3 Å². The van der Waals surface area contributed by atoms with Crippen molar-refractivity contribution in [3.8, 4) is 22.6 Å². The third kappa shape index (κ3) is 2.23. The molecule has 0 fully saturated rings. The summed E-state index contributed by atoms with van der Waals surface area (Å²) in [7, 11) is 0. The van der Waals surface area contributed by atoms with Gasteiger partial charge in [0.25, 0.3) is 0 Å². The summed E-state index contributed by atoms with van der Waals surface area (Å²) in [6.45, 7) is -0.232. The summed E-state index contributed by atoms with van der Waals surface area (Å²) in [6.07, 6.45) is 0. The van der Waals surface area contributed by atoms with Gasteiger partial charge in [0.05, 0.1) is 0 Å². The van der Waals surface area contributed by atoms with E-state index in [2.05, 4.69) is 0 Å². The highest BCUT2D eigenvalue weighted by Gasteiger charge is 2.15. The van der Waals surface area contributed by atoms with Crippen LogP contribution in [-0.2, 0) is 13.2 Å². The van der Waals surface area contributed by atoms with Crippen LogP contribution in [0.15, 0.2) is 43.9 Å². The van der Waals surface area contributed by atoms with Crippen LogP contribution in [0.2, 0.25) is 0 Å². The molecule has 4 nitrogen and oxygen atoms in total. The van der Waals surface area contributed by atoms with Crippen molar-refractivity contribution >= 4 is 11.3 Å². The maximum Gasteiger partial charge on any atom is 0.135 e. The van der Waals surface area contributed by atoms with Gasteiger partial charge in [0.2, 0.25) is 0 Å². The lowest BCUT2D eigenvalue weighted by Crippen LogP contribution is -1.77. The van der Waals surface area contributed by atoms with Crippen LogP contribution in [0.3, 0.4) is 0 Å². The van der Waals surface area contributed by atoms with Crippen LogP contribution in [0.5, 0.6) is 0 Å². The molecule has 98 valence electrons. The molecule has 3 heterocycles. The Labute approximate surface area is 113 Å². The molecule has 0 radical (unpaired) electrons. The van der Waals surface area contributed by atoms with Gasteiger partial charge in [-0.25, -0.2) is 0 Å². The third-order valence-corrected chi connectivity index (χ3v) is 3.57. The van der Waals surface area contributed by atoms with Crippen LogP contribution in [0.4, 0.5) is 0 Å². The van der Waals surface area contributed by atoms with Gasteiger partial charge in [-0.05, 0) is 24.3 Å². The van der Waals surface area contributed by atoms with Crippen molar-refractivity contribution in [3.63, 3.8) is 0 Å². The van der Waals surface area contributed by atoms with E-state index in [1.165, 1.54) is 0 Å². The van der Waals surface area contributed by atoms with Gasteiger partial charge in [0.15, 0.2) is 0 Å². The summed E-state index contributed by atoms with van der Waals surface area (Å²) < 4.78 is 11.1. The molecule has 0 bridgehead atoms. The first-order chi connectivity index (χ1) is 9.31. The summed E-state index contributed by atoms with van der Waals surface area (Å²) >= 11 is 1.54. The molecule has 0 aliphatic heterocycles. The highest BCUT2D eigenvalue weighted by Crippen LogP contribution is 2.36. The van der Waals surface area contributed by atoms with E-state index in [0.717, 1.165) is 11.1 Å². The second kappa shape index (κ2) is 5.05. The number of rotatable bonds is 4. The normalized spacial score (nSPS) is 11.1. The Bertz CT molecular complexity index is 620. The molecule has 0 amide bonds. The lowest BCUT2D eigenvalue weighted by atomic mass is 10.1. The Hall–Kier alpha value is -1.82. The molecular weight excluding hydrogens is 264 g/mol. The van der Waals surface area contributed by atoms with Gasteiger partial charge >= 0.3 is 0 Å². The molecule has 0 aliphatic rings. The minimum atomic E-state index is -0.116. The number of hydrogen-bond donors (Lipinski definition) is 2. The van der Waals surface area contributed by atoms with Crippen LogP contribution < -0.4 is 0 Å². The molecule has 3 rings (SSSR count). The zero-order chi connectivity index (χ0) is 13.2. The number of furan rings is 2. The molecule has 0 saturated heterocycles. The lowest BCUT2D eigenvalue weighted by Gasteiger charge is -1.98. The van der Waals surface area contributed by atoms with Gasteiger partial charge in [-0.3, -0.25) is 0 Å². The first-order valence-electron chi connectivity index (χ1n) is 5.78. The Morgan fingerprint density at radius 3 is 1.63 bits per heavy atom. The van der Waals surface area contributed by atoms with Crippen LogP contribution in [0.25, 0.3) is 22.6 Å². The molecule has 2 N–H and O–H groups in total. The molecule has 19 heavy (non-hydrogen) atoms. The van der Waals surface area contributed by atoms with Gasteiger partial charge in [-0.2, -0.15) is 11.3 Å². The molecule has 0 aromatic carbocycles. The zero-order valence-corrected chi connectivity index (χ0v) is 10.8. The Kier molecular flexibility index (Phi) is 3.25. The van der Waals surface area contributed by atoms with Gasteiger partial charge in [-0.1, -0.05) is 0 Å². The quantitative estimate of drug-likeness (QED) is 0.767. The van der Waals surface area contributed by atoms with Crippen molar-refractivity contribution < 1.29 is 19.0 Å². The largest absolute Gasteiger partial charge is 0.459 e. The number of aliphatic hydroxyl groups is 2. The molecule has 0 saturated carbocycles. The van der Waals surface area contributed by atoms with E-state index < -0.39 is 0 Å². The first kappa shape index (κ1) is 12.2. The van der Waals surface area contributed by atoms with E-state index in [1.807, 2.05) is 22.9 Å². The maximum atomic E-state index is 9.03. The molecule has 0 unspecified atom stereocenters. The van der Waals surface area contributed by atoms with Crippen molar-refractivity contribution in [2.45, 2.75) is 13.2 Å². The fraction of sp³-hybridized carbons (Fsp3) is 0.143. The Balaban J connectivity index is 2.02. The molecule has 0 spiro atoms. The molecular formula is C14H12O4S. The average Bonchev–Trinajstić information content (AvgIpc) is 3.16. The second-order valence-corrected chi connectivity index (χ2v) is 4.79. The highest BCUT2D eigenvalue weighted by atomic mass is 32.1. The fourth-order valence-corrected chi connectivity index (χ4v) is 2.72. The number of hydrogen-bond acceptors (Lipinski definition) is 5. The second-order valence-electron chi connectivity index (χ2n) is 4.05. The van der Waals surface area contributed by atoms with E-state index in [-0.39, 0.29) is 13.2 Å². The summed E-state index contributed by atoms with van der Waals surface area (Å²) in [5, 5.41) is 22.0. The average molecular weight is 276 g/mol. The molecule has 0 atom stereocenters. The van der Waals surface area contributed by atoms with Gasteiger partial charge in [-0.15, -0.1) is 0 Å². The Morgan fingerprint density at radius 2 is 1.26 bits per heavy atom. The summed E-state index contributed by atoms with van der Waals surface area (Å²) in [6, 6.07) is 7.15. The summed E-state index contributed by atoms with van der Waals surface area (Å²) in [5.74, 6) is 2.45. The van der Waals surface area contributed by atoms with Gasteiger partial charge in [0, 0.05) is 21.9 Å². The topological polar surface area (TPSA) is 66.7 Å². The zero-order valence-electron chi connectivity index (χ0n) is 10.00. The van der Waals surface area contributed by atoms with Crippen LogP contribution in [0.1, 0.15) is 11.5 Å². The summed E-state index contributed by atoms with van der Waals surface area (Å²) in [4.78, 5) is 0. The molecule has 5 heteroatoms. The Morgan fingerprint density at radius 1 is 0.789 bits per heavy atom. The SMILES string of the molecule is OCc1ccc(-c2cscc2-c2ccc(CO)o2)o1. The predicted octanol–water partition coefficient (Wildman–Crippen LogP) is 3.25. The van der Waals surface area contributed by atoms with Crippen LogP contribution >= 0.6 is 11.3 Å². The van der Waals surface area contributed by atoms with Crippen molar-refractivity contribution in [2.75, 3.05) is 0 Å². The van der Waals surface area contributed by atoms with E-state index >= 15 is 0 Å². The van der Waals surface area contributed by atoms with Crippen molar-refractivity contribution in [3.05, 3.63) is 46.5 Å². The van der Waals surface area contributed by atoms with E-state index in [1.54, 1.807) is 23.5 Å². The standard InChI is InChI=1S/C14H12O4S/c15-5-9-1-3-13(17-9)11-7-19-8-12(11)14-4-2-10(6-16)18-14/h1-4,7-8,15-16H,5-6H2. The first-order valence-corrected chi connectivity index (χ1v) is 6.72. The molecule has 3 aromatic rings. The number of thiophene rings is 1. The third-order valence-electron chi connectivity index (χ3n) is 2.83. The smallest absolute Gasteiger partial charge is 0.135 e. The minimum Gasteiger partial charge on any atom is -0.459 e. The number of aliphatic hydroxyl groups excluding tert-OH is 2. The van der Waals surface area contributed by atoms with Gasteiger partial charge < -0.3 is 19.0 Å². The molecule has 0 aliphatic carbocycles. The van der Waals surface area contributed by atoms with Crippen molar-refractivity contribution in [1.29, 1.82) is 0 Å². The monoisotopic (exact) mass is 276 g/mol. The minimum absolute atomic E-state index is 0.116. The van der Waals surface area contributed by atoms with E-state index in [0.29, 0.717) is 23.0 Å². The van der Waals surface area contributed by atoms with Crippen molar-refractivity contribution in [1.82, 2.24) is 0 Å².